The van der Waals surface area contributed by atoms with Gasteiger partial charge in [0.15, 0.2) is 0 Å². The van der Waals surface area contributed by atoms with Crippen molar-refractivity contribution in [2.75, 3.05) is 16.8 Å². The molecule has 2 aromatic rings. The van der Waals surface area contributed by atoms with Crippen LogP contribution >= 0.6 is 0 Å². The first-order chi connectivity index (χ1) is 12.0. The molecule has 2 aromatic carbocycles. The van der Waals surface area contributed by atoms with Crippen molar-refractivity contribution in [3.05, 3.63) is 59.2 Å². The van der Waals surface area contributed by atoms with Gasteiger partial charge in [0.1, 0.15) is 0 Å². The number of amides is 2. The minimum atomic E-state index is -0.320. The molecule has 1 aliphatic rings. The lowest BCUT2D eigenvalue weighted by Crippen LogP contribution is -2.28. The molecule has 4 heteroatoms. The maximum atomic E-state index is 12.6. The van der Waals surface area contributed by atoms with Crippen LogP contribution in [0.5, 0.6) is 0 Å². The molecule has 1 atom stereocenters. The maximum Gasteiger partial charge on any atom is 0.229 e. The molecule has 130 valence electrons. The molecule has 1 saturated heterocycles. The van der Waals surface area contributed by atoms with Crippen molar-refractivity contribution >= 4 is 23.2 Å². The van der Waals surface area contributed by atoms with Crippen LogP contribution in [0.2, 0.25) is 0 Å². The molecule has 0 aliphatic carbocycles. The molecule has 2 amide bonds. The van der Waals surface area contributed by atoms with Crippen LogP contribution in [0, 0.1) is 19.8 Å². The molecule has 25 heavy (non-hydrogen) atoms. The second-order valence-corrected chi connectivity index (χ2v) is 6.73. The predicted octanol–water partition coefficient (Wildman–Crippen LogP) is 3.86. The Hall–Kier alpha value is -2.62. The highest BCUT2D eigenvalue weighted by Crippen LogP contribution is 2.27. The molecular formula is C21H24N2O2. The molecule has 0 aromatic heterocycles. The molecular weight excluding hydrogens is 312 g/mol. The summed E-state index contributed by atoms with van der Waals surface area (Å²) in [6, 6.07) is 13.9. The number of nitrogens with zero attached hydrogens (tertiary/aromatic N) is 1. The van der Waals surface area contributed by atoms with Crippen LogP contribution in [-0.2, 0) is 16.0 Å². The highest BCUT2D eigenvalue weighted by Gasteiger charge is 2.35. The fourth-order valence-corrected chi connectivity index (χ4v) is 3.23. The zero-order chi connectivity index (χ0) is 18.0. The molecule has 0 bridgehead atoms. The number of benzene rings is 2. The van der Waals surface area contributed by atoms with Crippen molar-refractivity contribution in [1.82, 2.24) is 0 Å². The molecule has 1 unspecified atom stereocenters. The van der Waals surface area contributed by atoms with Crippen molar-refractivity contribution in [3.8, 4) is 0 Å². The predicted molar refractivity (Wildman–Crippen MR) is 101 cm³/mol. The Morgan fingerprint density at radius 2 is 1.88 bits per heavy atom. The van der Waals surface area contributed by atoms with Gasteiger partial charge in [0.2, 0.25) is 11.8 Å². The molecule has 0 spiro atoms. The molecule has 3 rings (SSSR count). The Balaban J connectivity index is 1.69. The monoisotopic (exact) mass is 336 g/mol. The van der Waals surface area contributed by atoms with Gasteiger partial charge in [0.25, 0.3) is 0 Å². The Labute approximate surface area is 148 Å². The van der Waals surface area contributed by atoms with Crippen LogP contribution in [-0.4, -0.2) is 18.4 Å². The Kier molecular flexibility index (Phi) is 4.88. The van der Waals surface area contributed by atoms with Crippen molar-refractivity contribution in [1.29, 1.82) is 0 Å². The van der Waals surface area contributed by atoms with Gasteiger partial charge in [-0.15, -0.1) is 0 Å². The van der Waals surface area contributed by atoms with E-state index in [9.17, 15) is 9.59 Å². The van der Waals surface area contributed by atoms with Crippen molar-refractivity contribution in [2.45, 2.75) is 33.6 Å². The van der Waals surface area contributed by atoms with Crippen LogP contribution < -0.4 is 10.2 Å². The van der Waals surface area contributed by atoms with E-state index in [1.807, 2.05) is 56.3 Å². The lowest BCUT2D eigenvalue weighted by Gasteiger charge is -2.17. The third-order valence-corrected chi connectivity index (χ3v) is 4.79. The van der Waals surface area contributed by atoms with Gasteiger partial charge in [0, 0.05) is 24.3 Å². The SMILES string of the molecule is CCc1ccc(N2CC(C(=O)Nc3ccc(C)cc3C)CC2=O)cc1. The van der Waals surface area contributed by atoms with E-state index in [-0.39, 0.29) is 24.2 Å². The minimum Gasteiger partial charge on any atom is -0.326 e. The normalized spacial score (nSPS) is 17.0. The Bertz CT molecular complexity index is 796. The number of hydrogen-bond donors (Lipinski definition) is 1. The van der Waals surface area contributed by atoms with E-state index in [1.54, 1.807) is 4.90 Å². The van der Waals surface area contributed by atoms with Gasteiger partial charge >= 0.3 is 0 Å². The standard InChI is InChI=1S/C21H24N2O2/c1-4-16-6-8-18(9-7-16)23-13-17(12-20(23)24)21(25)22-19-10-5-14(2)11-15(19)3/h5-11,17H,4,12-13H2,1-3H3,(H,22,25). The maximum absolute atomic E-state index is 12.6. The van der Waals surface area contributed by atoms with E-state index in [0.717, 1.165) is 28.9 Å². The molecule has 0 saturated carbocycles. The number of rotatable bonds is 4. The minimum absolute atomic E-state index is 0.00465. The Morgan fingerprint density at radius 3 is 2.52 bits per heavy atom. The largest absolute Gasteiger partial charge is 0.326 e. The quantitative estimate of drug-likeness (QED) is 0.922. The van der Waals surface area contributed by atoms with Gasteiger partial charge in [-0.05, 0) is 49.6 Å². The molecule has 1 N–H and O–H groups in total. The summed E-state index contributed by atoms with van der Waals surface area (Å²) in [6.07, 6.45) is 1.22. The van der Waals surface area contributed by atoms with Crippen LogP contribution in [0.15, 0.2) is 42.5 Å². The van der Waals surface area contributed by atoms with Crippen LogP contribution in [0.25, 0.3) is 0 Å². The number of nitrogens with one attached hydrogen (secondary N) is 1. The van der Waals surface area contributed by atoms with Crippen LogP contribution in [0.1, 0.15) is 30.0 Å². The third kappa shape index (κ3) is 3.73. The van der Waals surface area contributed by atoms with Crippen molar-refractivity contribution in [3.63, 3.8) is 0 Å². The number of carbonyl (C=O) groups excluding carboxylic acids is 2. The number of hydrogen-bond acceptors (Lipinski definition) is 2. The van der Waals surface area contributed by atoms with Crippen molar-refractivity contribution < 1.29 is 9.59 Å². The Morgan fingerprint density at radius 1 is 1.16 bits per heavy atom. The highest BCUT2D eigenvalue weighted by molar-refractivity contribution is 6.03. The molecule has 1 aliphatic heterocycles. The molecule has 1 fully saturated rings. The van der Waals surface area contributed by atoms with Crippen LogP contribution in [0.3, 0.4) is 0 Å². The van der Waals surface area contributed by atoms with E-state index < -0.39 is 0 Å². The second-order valence-electron chi connectivity index (χ2n) is 6.73. The summed E-state index contributed by atoms with van der Waals surface area (Å²) in [5.74, 6) is -0.405. The van der Waals surface area contributed by atoms with E-state index in [2.05, 4.69) is 12.2 Å². The average Bonchev–Trinajstić information content (AvgIpc) is 2.99. The van der Waals surface area contributed by atoms with Crippen LogP contribution in [0.4, 0.5) is 11.4 Å². The fourth-order valence-electron chi connectivity index (χ4n) is 3.23. The number of carbonyl (C=O) groups is 2. The highest BCUT2D eigenvalue weighted by atomic mass is 16.2. The van der Waals surface area contributed by atoms with E-state index in [4.69, 9.17) is 0 Å². The van der Waals surface area contributed by atoms with E-state index >= 15 is 0 Å². The first kappa shape index (κ1) is 17.2. The summed E-state index contributed by atoms with van der Waals surface area (Å²) < 4.78 is 0. The summed E-state index contributed by atoms with van der Waals surface area (Å²) in [5, 5.41) is 2.97. The van der Waals surface area contributed by atoms with Gasteiger partial charge in [0.05, 0.1) is 5.92 Å². The lowest BCUT2D eigenvalue weighted by molar-refractivity contribution is -0.122. The topological polar surface area (TPSA) is 49.4 Å². The average molecular weight is 336 g/mol. The van der Waals surface area contributed by atoms with E-state index in [0.29, 0.717) is 6.54 Å². The third-order valence-electron chi connectivity index (χ3n) is 4.79. The first-order valence-corrected chi connectivity index (χ1v) is 8.75. The van der Waals surface area contributed by atoms with Crippen molar-refractivity contribution in [2.24, 2.45) is 5.92 Å². The first-order valence-electron chi connectivity index (χ1n) is 8.75. The lowest BCUT2D eigenvalue weighted by atomic mass is 10.1. The van der Waals surface area contributed by atoms with Gasteiger partial charge in [-0.3, -0.25) is 9.59 Å². The summed E-state index contributed by atoms with van der Waals surface area (Å²) in [6.45, 7) is 6.53. The van der Waals surface area contributed by atoms with Gasteiger partial charge in [-0.2, -0.15) is 0 Å². The molecule has 0 radical (unpaired) electrons. The summed E-state index contributed by atoms with van der Waals surface area (Å²) in [5.41, 5.74) is 5.11. The number of aryl methyl sites for hydroxylation is 3. The molecule has 1 heterocycles. The van der Waals surface area contributed by atoms with Gasteiger partial charge < -0.3 is 10.2 Å². The molecule has 4 nitrogen and oxygen atoms in total. The van der Waals surface area contributed by atoms with E-state index in [1.165, 1.54) is 5.56 Å². The summed E-state index contributed by atoms with van der Waals surface area (Å²) in [4.78, 5) is 26.7. The smallest absolute Gasteiger partial charge is 0.229 e. The van der Waals surface area contributed by atoms with Gasteiger partial charge in [-0.25, -0.2) is 0 Å². The zero-order valence-electron chi connectivity index (χ0n) is 15.0. The second kappa shape index (κ2) is 7.09. The fraction of sp³-hybridized carbons (Fsp3) is 0.333. The zero-order valence-corrected chi connectivity index (χ0v) is 15.0. The van der Waals surface area contributed by atoms with Gasteiger partial charge in [-0.1, -0.05) is 36.8 Å². The number of anilines is 2. The summed E-state index contributed by atoms with van der Waals surface area (Å²) >= 11 is 0. The summed E-state index contributed by atoms with van der Waals surface area (Å²) in [7, 11) is 0.